The van der Waals surface area contributed by atoms with E-state index < -0.39 is 5.60 Å². The molecule has 6 heteroatoms. The molecule has 0 spiro atoms. The zero-order valence-electron chi connectivity index (χ0n) is 15.1. The third kappa shape index (κ3) is 3.09. The SMILES string of the molecule is CCCc1ncc(CN2[C@@H]3CC[C@@H]2CC(O)(c2nccn2C)C3)cn1. The molecule has 2 fully saturated rings. The maximum absolute atomic E-state index is 11.2. The molecule has 2 bridgehead atoms. The Bertz CT molecular complexity index is 712. The van der Waals surface area contributed by atoms with E-state index >= 15 is 0 Å². The maximum Gasteiger partial charge on any atom is 0.140 e. The van der Waals surface area contributed by atoms with E-state index in [1.54, 1.807) is 6.20 Å². The van der Waals surface area contributed by atoms with Gasteiger partial charge in [0.05, 0.1) is 0 Å². The smallest absolute Gasteiger partial charge is 0.140 e. The zero-order chi connectivity index (χ0) is 17.4. The highest BCUT2D eigenvalue weighted by Crippen LogP contribution is 2.45. The third-order valence-corrected chi connectivity index (χ3v) is 5.75. The van der Waals surface area contributed by atoms with E-state index in [1.807, 2.05) is 30.2 Å². The lowest BCUT2D eigenvalue weighted by Gasteiger charge is -2.43. The van der Waals surface area contributed by atoms with Crippen LogP contribution in [0.15, 0.2) is 24.8 Å². The predicted molar refractivity (Wildman–Crippen MR) is 94.7 cm³/mol. The molecule has 0 unspecified atom stereocenters. The molecule has 0 radical (unpaired) electrons. The van der Waals surface area contributed by atoms with Crippen molar-refractivity contribution in [3.63, 3.8) is 0 Å². The van der Waals surface area contributed by atoms with Crippen LogP contribution in [-0.2, 0) is 25.6 Å². The molecule has 2 aromatic heterocycles. The highest BCUT2D eigenvalue weighted by atomic mass is 16.3. The number of hydrogen-bond acceptors (Lipinski definition) is 5. The average Bonchev–Trinajstić information content (AvgIpc) is 3.13. The van der Waals surface area contributed by atoms with Crippen LogP contribution in [0, 0.1) is 0 Å². The second-order valence-electron chi connectivity index (χ2n) is 7.62. The molecule has 0 aliphatic carbocycles. The largest absolute Gasteiger partial charge is 0.382 e. The van der Waals surface area contributed by atoms with Gasteiger partial charge < -0.3 is 9.67 Å². The Kier molecular flexibility index (Phi) is 4.33. The van der Waals surface area contributed by atoms with Crippen molar-refractivity contribution in [3.8, 4) is 0 Å². The summed E-state index contributed by atoms with van der Waals surface area (Å²) >= 11 is 0. The van der Waals surface area contributed by atoms with Crippen LogP contribution in [0.4, 0.5) is 0 Å². The van der Waals surface area contributed by atoms with Crippen LogP contribution in [0.2, 0.25) is 0 Å². The summed E-state index contributed by atoms with van der Waals surface area (Å²) in [6.07, 6.45) is 13.4. The second kappa shape index (κ2) is 6.50. The maximum atomic E-state index is 11.2. The van der Waals surface area contributed by atoms with Gasteiger partial charge in [0.25, 0.3) is 0 Å². The highest BCUT2D eigenvalue weighted by molar-refractivity contribution is 5.14. The van der Waals surface area contributed by atoms with E-state index in [9.17, 15) is 5.11 Å². The van der Waals surface area contributed by atoms with Crippen molar-refractivity contribution in [2.45, 2.75) is 69.7 Å². The first-order valence-corrected chi connectivity index (χ1v) is 9.35. The average molecular weight is 341 g/mol. The fourth-order valence-corrected chi connectivity index (χ4v) is 4.60. The first-order chi connectivity index (χ1) is 12.1. The van der Waals surface area contributed by atoms with Crippen LogP contribution in [0.5, 0.6) is 0 Å². The van der Waals surface area contributed by atoms with Crippen LogP contribution in [-0.4, -0.2) is 41.6 Å². The lowest BCUT2D eigenvalue weighted by Crippen LogP contribution is -2.50. The van der Waals surface area contributed by atoms with Gasteiger partial charge in [-0.1, -0.05) is 6.92 Å². The van der Waals surface area contributed by atoms with Crippen molar-refractivity contribution in [3.05, 3.63) is 42.0 Å². The van der Waals surface area contributed by atoms with Crippen molar-refractivity contribution in [1.29, 1.82) is 0 Å². The molecular weight excluding hydrogens is 314 g/mol. The normalized spacial score (nSPS) is 29.2. The molecule has 0 amide bonds. The standard InChI is InChI=1S/C19H27N5O/c1-3-4-17-21-11-14(12-22-17)13-24-15-5-6-16(24)10-19(25,9-15)18-20-7-8-23(18)2/h7-8,11-12,15-16,25H,3-6,9-10,13H2,1-2H3/t15-,16-/m1/s1. The predicted octanol–water partition coefficient (Wildman–Crippen LogP) is 2.18. The van der Waals surface area contributed by atoms with E-state index in [-0.39, 0.29) is 0 Å². The molecule has 1 N–H and O–H groups in total. The van der Waals surface area contributed by atoms with Gasteiger partial charge in [-0.2, -0.15) is 0 Å². The van der Waals surface area contributed by atoms with Gasteiger partial charge in [0.2, 0.25) is 0 Å². The lowest BCUT2D eigenvalue weighted by atomic mass is 9.85. The lowest BCUT2D eigenvalue weighted by molar-refractivity contribution is -0.0669. The van der Waals surface area contributed by atoms with Gasteiger partial charge in [0, 0.05) is 62.4 Å². The molecule has 4 rings (SSSR count). The van der Waals surface area contributed by atoms with Crippen LogP contribution in [0.1, 0.15) is 56.2 Å². The summed E-state index contributed by atoms with van der Waals surface area (Å²) < 4.78 is 1.95. The molecule has 134 valence electrons. The Morgan fingerprint density at radius 2 is 1.84 bits per heavy atom. The van der Waals surface area contributed by atoms with Crippen molar-refractivity contribution >= 4 is 0 Å². The quantitative estimate of drug-likeness (QED) is 0.903. The van der Waals surface area contributed by atoms with Crippen molar-refractivity contribution < 1.29 is 5.11 Å². The number of imidazole rings is 1. The Hall–Kier alpha value is -1.79. The number of hydrogen-bond donors (Lipinski definition) is 1. The molecule has 0 aromatic carbocycles. The number of aliphatic hydroxyl groups is 1. The number of rotatable bonds is 5. The molecule has 2 aromatic rings. The van der Waals surface area contributed by atoms with Crippen LogP contribution in [0.3, 0.4) is 0 Å². The molecular formula is C19H27N5O. The molecule has 2 aliphatic heterocycles. The van der Waals surface area contributed by atoms with E-state index in [0.29, 0.717) is 12.1 Å². The van der Waals surface area contributed by atoms with Crippen LogP contribution >= 0.6 is 0 Å². The summed E-state index contributed by atoms with van der Waals surface area (Å²) in [5.74, 6) is 1.73. The van der Waals surface area contributed by atoms with Gasteiger partial charge in [-0.15, -0.1) is 0 Å². The molecule has 0 saturated carbocycles. The summed E-state index contributed by atoms with van der Waals surface area (Å²) in [6.45, 7) is 3.02. The summed E-state index contributed by atoms with van der Waals surface area (Å²) in [5, 5.41) is 11.2. The molecule has 4 heterocycles. The Morgan fingerprint density at radius 1 is 1.16 bits per heavy atom. The van der Waals surface area contributed by atoms with Gasteiger partial charge in [-0.25, -0.2) is 15.0 Å². The molecule has 2 atom stereocenters. The monoisotopic (exact) mass is 341 g/mol. The van der Waals surface area contributed by atoms with E-state index in [2.05, 4.69) is 26.8 Å². The Morgan fingerprint density at radius 3 is 2.40 bits per heavy atom. The fourth-order valence-electron chi connectivity index (χ4n) is 4.60. The number of nitrogens with zero attached hydrogens (tertiary/aromatic N) is 5. The summed E-state index contributed by atoms with van der Waals surface area (Å²) in [5.41, 5.74) is 0.362. The Balaban J connectivity index is 1.48. The van der Waals surface area contributed by atoms with Crippen molar-refractivity contribution in [2.75, 3.05) is 0 Å². The van der Waals surface area contributed by atoms with E-state index in [1.165, 1.54) is 5.56 Å². The van der Waals surface area contributed by atoms with Gasteiger partial charge in [-0.05, 0) is 32.1 Å². The van der Waals surface area contributed by atoms with Gasteiger partial charge >= 0.3 is 0 Å². The minimum atomic E-state index is -0.804. The molecule has 25 heavy (non-hydrogen) atoms. The van der Waals surface area contributed by atoms with Crippen LogP contribution in [0.25, 0.3) is 0 Å². The first-order valence-electron chi connectivity index (χ1n) is 9.35. The van der Waals surface area contributed by atoms with E-state index in [0.717, 1.165) is 56.7 Å². The molecule has 2 saturated heterocycles. The van der Waals surface area contributed by atoms with Crippen molar-refractivity contribution in [2.24, 2.45) is 7.05 Å². The minimum Gasteiger partial charge on any atom is -0.382 e. The number of aryl methyl sites for hydroxylation is 2. The second-order valence-corrected chi connectivity index (χ2v) is 7.62. The topological polar surface area (TPSA) is 67.1 Å². The molecule has 6 nitrogen and oxygen atoms in total. The van der Waals surface area contributed by atoms with Crippen molar-refractivity contribution in [1.82, 2.24) is 24.4 Å². The molecule has 2 aliphatic rings. The summed E-state index contributed by atoms with van der Waals surface area (Å²) in [4.78, 5) is 15.9. The highest BCUT2D eigenvalue weighted by Gasteiger charge is 2.49. The third-order valence-electron chi connectivity index (χ3n) is 5.75. The number of aromatic nitrogens is 4. The summed E-state index contributed by atoms with van der Waals surface area (Å²) in [7, 11) is 1.96. The zero-order valence-corrected chi connectivity index (χ0v) is 15.1. The first kappa shape index (κ1) is 16.7. The van der Waals surface area contributed by atoms with Gasteiger partial charge in [-0.3, -0.25) is 4.90 Å². The number of fused-ring (bicyclic) bond motifs is 2. The fraction of sp³-hybridized carbons (Fsp3) is 0.632. The minimum absolute atomic E-state index is 0.399. The van der Waals surface area contributed by atoms with Gasteiger partial charge in [0.15, 0.2) is 0 Å². The van der Waals surface area contributed by atoms with Crippen LogP contribution < -0.4 is 0 Å². The van der Waals surface area contributed by atoms with E-state index in [4.69, 9.17) is 0 Å². The number of piperidine rings is 1. The Labute approximate surface area is 148 Å². The summed E-state index contributed by atoms with van der Waals surface area (Å²) in [6, 6.07) is 0.798. The van der Waals surface area contributed by atoms with Gasteiger partial charge in [0.1, 0.15) is 17.2 Å².